The van der Waals surface area contributed by atoms with Crippen molar-refractivity contribution in [2.45, 2.75) is 0 Å². The van der Waals surface area contributed by atoms with Crippen molar-refractivity contribution < 1.29 is 4.42 Å². The third-order valence-corrected chi connectivity index (χ3v) is 7.01. The molecule has 0 N–H and O–H groups in total. The standard InChI is InChI=1S/C36H26N2O/c1-5-13-27(14-6-1)37(28-15-7-2-8-16-28)31-22-24-35-34(25-31)33-23-21-32(26-36(33)39-35)38(29-17-9-3-10-18-29)30-19-11-4-12-20-30/h1-26H. The lowest BCUT2D eigenvalue weighted by Crippen LogP contribution is -2.09. The average molecular weight is 503 g/mol. The maximum Gasteiger partial charge on any atom is 0.137 e. The summed E-state index contributed by atoms with van der Waals surface area (Å²) in [6, 6.07) is 54.7. The molecule has 0 saturated carbocycles. The van der Waals surface area contributed by atoms with E-state index in [9.17, 15) is 0 Å². The van der Waals surface area contributed by atoms with Crippen LogP contribution >= 0.6 is 0 Å². The molecule has 0 radical (unpaired) electrons. The first-order chi connectivity index (χ1) is 19.3. The average Bonchev–Trinajstić information content (AvgIpc) is 3.37. The fourth-order valence-corrected chi connectivity index (χ4v) is 5.23. The molecule has 0 spiro atoms. The largest absolute Gasteiger partial charge is 0.456 e. The van der Waals surface area contributed by atoms with E-state index >= 15 is 0 Å². The molecule has 0 aliphatic carbocycles. The number of rotatable bonds is 6. The molecule has 186 valence electrons. The van der Waals surface area contributed by atoms with Gasteiger partial charge in [-0.2, -0.15) is 0 Å². The van der Waals surface area contributed by atoms with Crippen molar-refractivity contribution in [3.63, 3.8) is 0 Å². The third-order valence-electron chi connectivity index (χ3n) is 7.01. The Morgan fingerprint density at radius 2 is 0.718 bits per heavy atom. The molecule has 0 aliphatic rings. The molecule has 7 aromatic rings. The Labute approximate surface area is 227 Å². The number of hydrogen-bond acceptors (Lipinski definition) is 3. The van der Waals surface area contributed by atoms with E-state index in [-0.39, 0.29) is 0 Å². The normalized spacial score (nSPS) is 11.1. The van der Waals surface area contributed by atoms with Crippen LogP contribution in [0.5, 0.6) is 0 Å². The van der Waals surface area contributed by atoms with Crippen molar-refractivity contribution >= 4 is 56.1 Å². The van der Waals surface area contributed by atoms with Crippen LogP contribution < -0.4 is 9.80 Å². The summed E-state index contributed by atoms with van der Waals surface area (Å²) in [5.74, 6) is 0. The quantitative estimate of drug-likeness (QED) is 0.225. The summed E-state index contributed by atoms with van der Waals surface area (Å²) < 4.78 is 6.42. The second kappa shape index (κ2) is 9.88. The van der Waals surface area contributed by atoms with Gasteiger partial charge in [0.05, 0.1) is 0 Å². The van der Waals surface area contributed by atoms with Gasteiger partial charge in [0.15, 0.2) is 0 Å². The zero-order valence-corrected chi connectivity index (χ0v) is 21.3. The number of hydrogen-bond donors (Lipinski definition) is 0. The first-order valence-electron chi connectivity index (χ1n) is 13.1. The van der Waals surface area contributed by atoms with Crippen LogP contribution in [0.1, 0.15) is 0 Å². The number of anilines is 6. The van der Waals surface area contributed by atoms with E-state index in [0.29, 0.717) is 0 Å². The topological polar surface area (TPSA) is 19.6 Å². The molecule has 0 aliphatic heterocycles. The minimum Gasteiger partial charge on any atom is -0.456 e. The van der Waals surface area contributed by atoms with E-state index in [1.807, 2.05) is 24.3 Å². The number of furan rings is 1. The van der Waals surface area contributed by atoms with Crippen LogP contribution in [0.2, 0.25) is 0 Å². The number of fused-ring (bicyclic) bond motifs is 3. The summed E-state index contributed by atoms with van der Waals surface area (Å²) in [5.41, 5.74) is 8.29. The van der Waals surface area contributed by atoms with Gasteiger partial charge >= 0.3 is 0 Å². The van der Waals surface area contributed by atoms with E-state index in [0.717, 1.165) is 56.1 Å². The molecule has 3 nitrogen and oxygen atoms in total. The summed E-state index contributed by atoms with van der Waals surface area (Å²) in [6.07, 6.45) is 0. The Bertz CT molecular complexity index is 1770. The van der Waals surface area contributed by atoms with Crippen molar-refractivity contribution in [3.05, 3.63) is 158 Å². The van der Waals surface area contributed by atoms with Crippen LogP contribution in [0.3, 0.4) is 0 Å². The van der Waals surface area contributed by atoms with E-state index in [1.54, 1.807) is 0 Å². The molecule has 1 aromatic heterocycles. The predicted molar refractivity (Wildman–Crippen MR) is 163 cm³/mol. The smallest absolute Gasteiger partial charge is 0.137 e. The molecule has 3 heteroatoms. The van der Waals surface area contributed by atoms with Crippen LogP contribution in [0.25, 0.3) is 21.9 Å². The van der Waals surface area contributed by atoms with Gasteiger partial charge in [-0.25, -0.2) is 0 Å². The highest BCUT2D eigenvalue weighted by molar-refractivity contribution is 6.07. The SMILES string of the molecule is c1ccc(N(c2ccccc2)c2ccc3c(c2)oc2ccc(N(c4ccccc4)c4ccccc4)cc23)cc1. The fourth-order valence-electron chi connectivity index (χ4n) is 5.23. The Morgan fingerprint density at radius 3 is 1.18 bits per heavy atom. The maximum absolute atomic E-state index is 6.42. The van der Waals surface area contributed by atoms with Gasteiger partial charge in [0, 0.05) is 51.0 Å². The molecule has 0 amide bonds. The summed E-state index contributed by atoms with van der Waals surface area (Å²) in [4.78, 5) is 4.53. The van der Waals surface area contributed by atoms with Gasteiger partial charge < -0.3 is 14.2 Å². The Balaban J connectivity index is 1.36. The van der Waals surface area contributed by atoms with Crippen molar-refractivity contribution in [3.8, 4) is 0 Å². The van der Waals surface area contributed by atoms with Gasteiger partial charge in [-0.1, -0.05) is 72.8 Å². The molecule has 0 bridgehead atoms. The monoisotopic (exact) mass is 502 g/mol. The van der Waals surface area contributed by atoms with Crippen LogP contribution in [0, 0.1) is 0 Å². The molecule has 0 atom stereocenters. The zero-order valence-electron chi connectivity index (χ0n) is 21.3. The van der Waals surface area contributed by atoms with Crippen molar-refractivity contribution in [1.82, 2.24) is 0 Å². The summed E-state index contributed by atoms with van der Waals surface area (Å²) in [6.45, 7) is 0. The van der Waals surface area contributed by atoms with E-state index in [4.69, 9.17) is 4.42 Å². The maximum atomic E-state index is 6.42. The molecule has 0 unspecified atom stereocenters. The number of para-hydroxylation sites is 4. The number of benzene rings is 6. The van der Waals surface area contributed by atoms with Gasteiger partial charge in [0.1, 0.15) is 11.2 Å². The fraction of sp³-hybridized carbons (Fsp3) is 0. The molecule has 39 heavy (non-hydrogen) atoms. The van der Waals surface area contributed by atoms with Gasteiger partial charge in [0.2, 0.25) is 0 Å². The first-order valence-corrected chi connectivity index (χ1v) is 13.1. The van der Waals surface area contributed by atoms with Gasteiger partial charge in [-0.05, 0) is 78.9 Å². The summed E-state index contributed by atoms with van der Waals surface area (Å²) in [5, 5.41) is 2.19. The molecule has 0 fully saturated rings. The summed E-state index contributed by atoms with van der Waals surface area (Å²) in [7, 11) is 0. The van der Waals surface area contributed by atoms with Crippen molar-refractivity contribution in [2.24, 2.45) is 0 Å². The lowest BCUT2D eigenvalue weighted by molar-refractivity contribution is 0.669. The van der Waals surface area contributed by atoms with Crippen molar-refractivity contribution in [1.29, 1.82) is 0 Å². The molecular formula is C36H26N2O. The minimum atomic E-state index is 0.863. The predicted octanol–water partition coefficient (Wildman–Crippen LogP) is 10.5. The lowest BCUT2D eigenvalue weighted by Gasteiger charge is -2.25. The van der Waals surface area contributed by atoms with Crippen LogP contribution in [0.4, 0.5) is 34.1 Å². The summed E-state index contributed by atoms with van der Waals surface area (Å²) >= 11 is 0. The van der Waals surface area contributed by atoms with Crippen LogP contribution in [0.15, 0.2) is 162 Å². The highest BCUT2D eigenvalue weighted by Crippen LogP contribution is 2.41. The second-order valence-electron chi connectivity index (χ2n) is 9.48. The molecule has 0 saturated heterocycles. The minimum absolute atomic E-state index is 0.863. The van der Waals surface area contributed by atoms with Gasteiger partial charge in [-0.15, -0.1) is 0 Å². The van der Waals surface area contributed by atoms with E-state index in [2.05, 4.69) is 143 Å². The van der Waals surface area contributed by atoms with Crippen LogP contribution in [-0.4, -0.2) is 0 Å². The Hall–Kier alpha value is -5.28. The Kier molecular flexibility index (Phi) is 5.80. The highest BCUT2D eigenvalue weighted by atomic mass is 16.3. The molecule has 1 heterocycles. The molecular weight excluding hydrogens is 476 g/mol. The molecule has 6 aromatic carbocycles. The third kappa shape index (κ3) is 4.30. The van der Waals surface area contributed by atoms with Crippen LogP contribution in [-0.2, 0) is 0 Å². The Morgan fingerprint density at radius 1 is 0.308 bits per heavy atom. The lowest BCUT2D eigenvalue weighted by atomic mass is 10.1. The number of nitrogens with zero attached hydrogens (tertiary/aromatic N) is 2. The van der Waals surface area contributed by atoms with E-state index in [1.165, 1.54) is 0 Å². The van der Waals surface area contributed by atoms with E-state index < -0.39 is 0 Å². The second-order valence-corrected chi connectivity index (χ2v) is 9.48. The zero-order chi connectivity index (χ0) is 26.0. The first kappa shape index (κ1) is 22.9. The molecule has 7 rings (SSSR count). The van der Waals surface area contributed by atoms with Gasteiger partial charge in [0.25, 0.3) is 0 Å². The van der Waals surface area contributed by atoms with Crippen molar-refractivity contribution in [2.75, 3.05) is 9.80 Å². The van der Waals surface area contributed by atoms with Gasteiger partial charge in [-0.3, -0.25) is 0 Å². The highest BCUT2D eigenvalue weighted by Gasteiger charge is 2.17.